The molecule has 0 aliphatic carbocycles. The highest BCUT2D eigenvalue weighted by Gasteiger charge is 2.33. The molecule has 2 heterocycles. The Kier molecular flexibility index (Phi) is 9.15. The number of ether oxygens (including phenoxy) is 1. The van der Waals surface area contributed by atoms with Gasteiger partial charge in [0.2, 0.25) is 0 Å². The standard InChI is InChI=1S/C28H32ClN5O5S2/c1-27(2,3)39-26(36)32-28(4)13-15-34(16-14-28)22-17-31-23(18-30-22)40-21-12-8-11-20(24(21)29)25(35)33-41(37,38)19-9-6-5-7-10-19/h5-12,17-18H,13-16H2,1-4H3,(H,32,36)(H,33,35). The number of carbonyl (C=O) groups is 2. The zero-order valence-corrected chi connectivity index (χ0v) is 25.6. The van der Waals surface area contributed by atoms with Gasteiger partial charge in [-0.05, 0) is 64.8 Å². The van der Waals surface area contributed by atoms with Crippen LogP contribution in [0.5, 0.6) is 0 Å². The zero-order chi connectivity index (χ0) is 29.8. The van der Waals surface area contributed by atoms with E-state index in [2.05, 4.69) is 24.9 Å². The van der Waals surface area contributed by atoms with Crippen molar-refractivity contribution in [3.63, 3.8) is 0 Å². The highest BCUT2D eigenvalue weighted by atomic mass is 35.5. The van der Waals surface area contributed by atoms with Crippen molar-refractivity contribution in [3.05, 3.63) is 71.5 Å². The van der Waals surface area contributed by atoms with Crippen molar-refractivity contribution in [1.29, 1.82) is 0 Å². The monoisotopic (exact) mass is 617 g/mol. The molecule has 2 aromatic carbocycles. The maximum atomic E-state index is 12.8. The summed E-state index contributed by atoms with van der Waals surface area (Å²) < 4.78 is 32.6. The van der Waals surface area contributed by atoms with E-state index in [4.69, 9.17) is 16.3 Å². The van der Waals surface area contributed by atoms with Gasteiger partial charge in [-0.15, -0.1) is 0 Å². The lowest BCUT2D eigenvalue weighted by Crippen LogP contribution is -2.54. The molecule has 1 aliphatic heterocycles. The number of amides is 2. The number of halogens is 1. The number of sulfonamides is 1. The summed E-state index contributed by atoms with van der Waals surface area (Å²) in [5, 5.41) is 3.66. The van der Waals surface area contributed by atoms with Crippen molar-refractivity contribution >= 4 is 51.2 Å². The van der Waals surface area contributed by atoms with Crippen LogP contribution in [0.3, 0.4) is 0 Å². The van der Waals surface area contributed by atoms with Gasteiger partial charge in [0, 0.05) is 23.5 Å². The summed E-state index contributed by atoms with van der Waals surface area (Å²) in [6.07, 6.45) is 4.30. The van der Waals surface area contributed by atoms with E-state index in [9.17, 15) is 18.0 Å². The maximum Gasteiger partial charge on any atom is 0.408 e. The number of piperidine rings is 1. The molecule has 2 N–H and O–H groups in total. The van der Waals surface area contributed by atoms with E-state index in [1.54, 1.807) is 42.7 Å². The van der Waals surface area contributed by atoms with Crippen molar-refractivity contribution in [3.8, 4) is 0 Å². The smallest absolute Gasteiger partial charge is 0.408 e. The molecule has 0 bridgehead atoms. The number of rotatable bonds is 7. The van der Waals surface area contributed by atoms with Gasteiger partial charge in [0.25, 0.3) is 15.9 Å². The summed E-state index contributed by atoms with van der Waals surface area (Å²) in [4.78, 5) is 36.7. The minimum atomic E-state index is -4.05. The van der Waals surface area contributed by atoms with E-state index in [1.807, 2.05) is 27.7 Å². The fraction of sp³-hybridized carbons (Fsp3) is 0.357. The van der Waals surface area contributed by atoms with E-state index in [0.717, 1.165) is 12.8 Å². The van der Waals surface area contributed by atoms with Crippen molar-refractivity contribution in [2.45, 2.75) is 66.5 Å². The summed E-state index contributed by atoms with van der Waals surface area (Å²) in [6, 6.07) is 12.4. The maximum absolute atomic E-state index is 12.8. The van der Waals surface area contributed by atoms with E-state index in [0.29, 0.717) is 28.8 Å². The summed E-state index contributed by atoms with van der Waals surface area (Å²) in [5.74, 6) is -0.125. The summed E-state index contributed by atoms with van der Waals surface area (Å²) in [5.41, 5.74) is -0.911. The van der Waals surface area contributed by atoms with Gasteiger partial charge >= 0.3 is 6.09 Å². The molecule has 0 spiro atoms. The van der Waals surface area contributed by atoms with Crippen LogP contribution in [0.25, 0.3) is 0 Å². The van der Waals surface area contributed by atoms with Crippen LogP contribution in [-0.4, -0.2) is 54.6 Å². The van der Waals surface area contributed by atoms with Crippen LogP contribution in [0, 0.1) is 0 Å². The Morgan fingerprint density at radius 3 is 2.32 bits per heavy atom. The van der Waals surface area contributed by atoms with Crippen LogP contribution in [-0.2, 0) is 14.8 Å². The van der Waals surface area contributed by atoms with E-state index >= 15 is 0 Å². The lowest BCUT2D eigenvalue weighted by Gasteiger charge is -2.40. The molecule has 1 saturated heterocycles. The minimum Gasteiger partial charge on any atom is -0.444 e. The van der Waals surface area contributed by atoms with Gasteiger partial charge in [0.15, 0.2) is 0 Å². The Hall–Kier alpha value is -3.35. The number of hydrogen-bond donors (Lipinski definition) is 2. The molecule has 1 fully saturated rings. The topological polar surface area (TPSA) is 131 Å². The number of nitrogens with zero attached hydrogens (tertiary/aromatic N) is 3. The number of anilines is 1. The van der Waals surface area contributed by atoms with Crippen LogP contribution >= 0.6 is 23.4 Å². The predicted molar refractivity (Wildman–Crippen MR) is 158 cm³/mol. The first-order chi connectivity index (χ1) is 19.2. The number of alkyl carbamates (subject to hydrolysis) is 1. The van der Waals surface area contributed by atoms with Gasteiger partial charge in [-0.2, -0.15) is 0 Å². The molecule has 0 radical (unpaired) electrons. The quantitative estimate of drug-likeness (QED) is 0.363. The van der Waals surface area contributed by atoms with Crippen molar-refractivity contribution in [2.24, 2.45) is 0 Å². The number of aromatic nitrogens is 2. The van der Waals surface area contributed by atoms with Crippen molar-refractivity contribution in [1.82, 2.24) is 20.0 Å². The van der Waals surface area contributed by atoms with Gasteiger partial charge < -0.3 is 15.0 Å². The van der Waals surface area contributed by atoms with Crippen LogP contribution in [0.1, 0.15) is 50.9 Å². The number of nitrogens with one attached hydrogen (secondary N) is 2. The molecule has 4 rings (SSSR count). The molecule has 2 amide bonds. The summed E-state index contributed by atoms with van der Waals surface area (Å²) >= 11 is 7.72. The average molecular weight is 618 g/mol. The molecular formula is C28H32ClN5O5S2. The third-order valence-electron chi connectivity index (χ3n) is 6.31. The fourth-order valence-electron chi connectivity index (χ4n) is 4.14. The Balaban J connectivity index is 1.37. The Labute approximate surface area is 249 Å². The largest absolute Gasteiger partial charge is 0.444 e. The molecule has 3 aromatic rings. The Morgan fingerprint density at radius 2 is 1.71 bits per heavy atom. The molecule has 13 heteroatoms. The van der Waals surface area contributed by atoms with Gasteiger partial charge in [-0.25, -0.2) is 27.9 Å². The van der Waals surface area contributed by atoms with Crippen LogP contribution in [0.15, 0.2) is 75.7 Å². The lowest BCUT2D eigenvalue weighted by atomic mass is 9.90. The number of carbonyl (C=O) groups excluding carboxylic acids is 2. The van der Waals surface area contributed by atoms with Gasteiger partial charge in [-0.1, -0.05) is 47.6 Å². The molecule has 1 aliphatic rings. The third-order valence-corrected chi connectivity index (χ3v) is 9.16. The summed E-state index contributed by atoms with van der Waals surface area (Å²) in [6.45, 7) is 8.87. The highest BCUT2D eigenvalue weighted by molar-refractivity contribution is 7.99. The molecule has 0 atom stereocenters. The molecule has 0 saturated carbocycles. The molecule has 0 unspecified atom stereocenters. The molecular weight excluding hydrogens is 586 g/mol. The molecule has 218 valence electrons. The Morgan fingerprint density at radius 1 is 1.02 bits per heavy atom. The number of benzene rings is 2. The minimum absolute atomic E-state index is 0.0250. The second-order valence-corrected chi connectivity index (χ2v) is 14.0. The van der Waals surface area contributed by atoms with Crippen LogP contribution in [0.2, 0.25) is 5.02 Å². The van der Waals surface area contributed by atoms with E-state index in [-0.39, 0.29) is 21.0 Å². The van der Waals surface area contributed by atoms with Gasteiger partial charge in [0.1, 0.15) is 16.4 Å². The second kappa shape index (κ2) is 12.3. The normalized spacial score (nSPS) is 15.2. The van der Waals surface area contributed by atoms with E-state index in [1.165, 1.54) is 30.0 Å². The molecule has 10 nitrogen and oxygen atoms in total. The summed E-state index contributed by atoms with van der Waals surface area (Å²) in [7, 11) is -4.05. The lowest BCUT2D eigenvalue weighted by molar-refractivity contribution is 0.0448. The van der Waals surface area contributed by atoms with E-state index < -0.39 is 27.6 Å². The average Bonchev–Trinajstić information content (AvgIpc) is 2.90. The van der Waals surface area contributed by atoms with Gasteiger partial charge in [-0.3, -0.25) is 4.79 Å². The first-order valence-corrected chi connectivity index (χ1v) is 15.6. The Bertz CT molecular complexity index is 1510. The fourth-order valence-corrected chi connectivity index (χ4v) is 6.24. The van der Waals surface area contributed by atoms with Gasteiger partial charge in [0.05, 0.1) is 27.9 Å². The van der Waals surface area contributed by atoms with Crippen molar-refractivity contribution < 1.29 is 22.7 Å². The first-order valence-electron chi connectivity index (χ1n) is 12.9. The van der Waals surface area contributed by atoms with Crippen LogP contribution < -0.4 is 14.9 Å². The SMILES string of the molecule is CC1(NC(=O)OC(C)(C)C)CCN(c2cnc(Sc3cccc(C(=O)NS(=O)(=O)c4ccccc4)c3Cl)cn2)CC1. The predicted octanol–water partition coefficient (Wildman–Crippen LogP) is 5.28. The van der Waals surface area contributed by atoms with Crippen LogP contribution in [0.4, 0.5) is 10.6 Å². The second-order valence-electron chi connectivity index (χ2n) is 10.9. The zero-order valence-electron chi connectivity index (χ0n) is 23.2. The first kappa shape index (κ1) is 30.6. The highest BCUT2D eigenvalue weighted by Crippen LogP contribution is 2.35. The third kappa shape index (κ3) is 8.11. The van der Waals surface area contributed by atoms with Crippen molar-refractivity contribution in [2.75, 3.05) is 18.0 Å². The molecule has 41 heavy (non-hydrogen) atoms. The number of hydrogen-bond acceptors (Lipinski definition) is 9. The molecule has 1 aromatic heterocycles.